The molecule has 1 saturated heterocycles. The van der Waals surface area contributed by atoms with E-state index in [1.165, 1.54) is 12.1 Å². The molecule has 0 aromatic heterocycles. The lowest BCUT2D eigenvalue weighted by Gasteiger charge is -2.30. The van der Waals surface area contributed by atoms with Gasteiger partial charge in [-0.3, -0.25) is 57.7 Å². The van der Waals surface area contributed by atoms with Gasteiger partial charge in [0.05, 0.1) is 19.0 Å². The summed E-state index contributed by atoms with van der Waals surface area (Å²) in [7, 11) is 1.87. The number of hydrogen-bond donors (Lipinski definition) is 15. The Morgan fingerprint density at radius 1 is 0.632 bits per heavy atom. The number of aromatic hydroxyl groups is 1. The fourth-order valence-corrected chi connectivity index (χ4v) is 9.69. The van der Waals surface area contributed by atoms with Crippen molar-refractivity contribution in [3.05, 3.63) is 65.7 Å². The van der Waals surface area contributed by atoms with Crippen LogP contribution in [0.1, 0.15) is 56.1 Å². The number of carbonyl (C=O) groups is 11. The molecule has 416 valence electrons. The van der Waals surface area contributed by atoms with E-state index in [0.29, 0.717) is 11.1 Å². The maximum atomic E-state index is 14.5. The lowest BCUT2D eigenvalue weighted by Crippen LogP contribution is -2.61. The van der Waals surface area contributed by atoms with Gasteiger partial charge in [0.15, 0.2) is 5.96 Å². The van der Waals surface area contributed by atoms with Crippen LogP contribution < -0.4 is 72.0 Å². The second-order valence-corrected chi connectivity index (χ2v) is 20.0. The molecule has 0 spiro atoms. The predicted octanol–water partition coefficient (Wildman–Crippen LogP) is -5.49. The van der Waals surface area contributed by atoms with Crippen molar-refractivity contribution in [1.29, 1.82) is 0 Å². The topological polar surface area (TPSA) is 498 Å². The van der Waals surface area contributed by atoms with E-state index in [4.69, 9.17) is 40.1 Å². The number of primary amides is 3. The number of carboxylic acids is 1. The van der Waals surface area contributed by atoms with E-state index >= 15 is 0 Å². The molecule has 0 aliphatic carbocycles. The van der Waals surface area contributed by atoms with E-state index < -0.39 is 139 Å². The van der Waals surface area contributed by atoms with Crippen molar-refractivity contribution in [3.63, 3.8) is 0 Å². The Hall–Kier alpha value is -7.70. The molecule has 76 heavy (non-hydrogen) atoms. The number of nitrogens with one attached hydrogen (secondary N) is 6. The van der Waals surface area contributed by atoms with Crippen LogP contribution >= 0.6 is 21.6 Å². The van der Waals surface area contributed by atoms with Crippen molar-refractivity contribution in [2.75, 3.05) is 31.1 Å². The maximum absolute atomic E-state index is 14.5. The van der Waals surface area contributed by atoms with E-state index in [0.717, 1.165) is 26.5 Å². The number of aliphatic carboxylic acids is 1. The molecule has 3 rings (SSSR count). The molecular formula is C46H67N15O13S2. The molecule has 1 aliphatic heterocycles. The third-order valence-corrected chi connectivity index (χ3v) is 13.8. The number of nitrogens with two attached hydrogens (primary N) is 7. The maximum Gasteiger partial charge on any atom is 0.321 e. The number of carbonyl (C=O) groups excluding carboxylic acids is 10. The molecule has 2 aromatic rings. The Morgan fingerprint density at radius 3 is 1.83 bits per heavy atom. The number of hydrogen-bond acceptors (Lipinski definition) is 17. The van der Waals surface area contributed by atoms with Crippen molar-refractivity contribution in [1.82, 2.24) is 36.8 Å². The summed E-state index contributed by atoms with van der Waals surface area (Å²) in [6.45, 7) is -0.488. The molecule has 8 atom stereocenters. The third kappa shape index (κ3) is 22.4. The van der Waals surface area contributed by atoms with Crippen LogP contribution in [0.2, 0.25) is 0 Å². The van der Waals surface area contributed by atoms with Crippen LogP contribution in [0.15, 0.2) is 59.6 Å². The first kappa shape index (κ1) is 62.6. The van der Waals surface area contributed by atoms with Gasteiger partial charge < -0.3 is 87.1 Å². The second kappa shape index (κ2) is 31.9. The van der Waals surface area contributed by atoms with Crippen LogP contribution in [0.4, 0.5) is 0 Å². The quantitative estimate of drug-likeness (QED) is 0.0137. The number of amides is 10. The van der Waals surface area contributed by atoms with E-state index in [9.17, 15) is 63.0 Å². The predicted molar refractivity (Wildman–Crippen MR) is 279 cm³/mol. The van der Waals surface area contributed by atoms with Crippen molar-refractivity contribution >= 4 is 92.6 Å². The molecule has 1 heterocycles. The second-order valence-electron chi connectivity index (χ2n) is 17.5. The minimum absolute atomic E-state index is 0.00646. The molecular weight excluding hydrogens is 1030 g/mol. The van der Waals surface area contributed by atoms with E-state index in [1.807, 2.05) is 0 Å². The number of carboxylic acid groups (broad SMARTS) is 1. The number of benzene rings is 2. The largest absolute Gasteiger partial charge is 0.508 e. The fraction of sp³-hybridized carbons (Fsp3) is 0.478. The summed E-state index contributed by atoms with van der Waals surface area (Å²) in [5.41, 5.74) is 40.0. The van der Waals surface area contributed by atoms with Gasteiger partial charge in [-0.1, -0.05) is 64.1 Å². The molecule has 0 saturated carbocycles. The molecule has 28 nitrogen and oxygen atoms in total. The molecule has 1 aliphatic rings. The molecule has 30 heteroatoms. The highest BCUT2D eigenvalue weighted by molar-refractivity contribution is 8.76. The Bertz CT molecular complexity index is 2400. The van der Waals surface area contributed by atoms with Gasteiger partial charge in [-0.2, -0.15) is 0 Å². The summed E-state index contributed by atoms with van der Waals surface area (Å²) >= 11 is 0. The zero-order valence-electron chi connectivity index (χ0n) is 41.4. The number of phenolic OH excluding ortho intramolecular Hbond substituents is 1. The SMILES string of the molecule is NC(=O)CC[C@H](NC(=O)[C@H](Cc1ccccc1)NC(=O)[C@@H](N)Cc1ccc(O)cc1)C(=O)N[C@@H](CC(N)=O)C(=O)N[C@@H](CSSC[C@H](N)C(=O)O)C(=O)N1CCC[C@H]1C(=O)N[C@@H](CCCN=C(N)N)C(=O)NCC(N)=O. The summed E-state index contributed by atoms with van der Waals surface area (Å²) < 4.78 is 0. The lowest BCUT2D eigenvalue weighted by atomic mass is 10.0. The molecule has 1 fully saturated rings. The van der Waals surface area contributed by atoms with Crippen molar-refractivity contribution in [2.45, 2.75) is 106 Å². The van der Waals surface area contributed by atoms with Gasteiger partial charge in [-0.05, 0) is 61.8 Å². The van der Waals surface area contributed by atoms with Crippen LogP contribution in [-0.2, 0) is 65.6 Å². The van der Waals surface area contributed by atoms with Crippen molar-refractivity contribution < 1.29 is 63.0 Å². The number of guanidine groups is 1. The van der Waals surface area contributed by atoms with Gasteiger partial charge in [0.25, 0.3) is 0 Å². The number of aliphatic imine (C=N–C) groups is 1. The molecule has 2 aromatic carbocycles. The smallest absolute Gasteiger partial charge is 0.321 e. The normalized spacial score (nSPS) is 15.7. The first-order valence-corrected chi connectivity index (χ1v) is 26.2. The Kier molecular flexibility index (Phi) is 26.3. The van der Waals surface area contributed by atoms with Gasteiger partial charge in [-0.25, -0.2) is 0 Å². The van der Waals surface area contributed by atoms with Gasteiger partial charge in [-0.15, -0.1) is 0 Å². The van der Waals surface area contributed by atoms with Crippen molar-refractivity contribution in [2.24, 2.45) is 45.1 Å². The Balaban J connectivity index is 1.91. The highest BCUT2D eigenvalue weighted by Gasteiger charge is 2.40. The molecule has 0 unspecified atom stereocenters. The zero-order valence-corrected chi connectivity index (χ0v) is 43.0. The van der Waals surface area contributed by atoms with Gasteiger partial charge in [0, 0.05) is 37.4 Å². The highest BCUT2D eigenvalue weighted by atomic mass is 33.1. The zero-order chi connectivity index (χ0) is 56.5. The average molecular weight is 1100 g/mol. The van der Waals surface area contributed by atoms with Crippen LogP contribution in [-0.4, -0.2) is 166 Å². The summed E-state index contributed by atoms with van der Waals surface area (Å²) in [6, 6.07) is 3.05. The van der Waals surface area contributed by atoms with Gasteiger partial charge in [0.1, 0.15) is 48.0 Å². The van der Waals surface area contributed by atoms with Gasteiger partial charge in [0.2, 0.25) is 59.1 Å². The van der Waals surface area contributed by atoms with Crippen LogP contribution in [0.5, 0.6) is 5.75 Å². The summed E-state index contributed by atoms with van der Waals surface area (Å²) in [5, 5.41) is 33.8. The van der Waals surface area contributed by atoms with E-state index in [-0.39, 0.29) is 74.8 Å². The first-order chi connectivity index (χ1) is 35.9. The summed E-state index contributed by atoms with van der Waals surface area (Å²) in [4.78, 5) is 150. The third-order valence-electron chi connectivity index (χ3n) is 11.3. The molecule has 0 radical (unpaired) electrons. The Labute approximate surface area is 444 Å². The fourth-order valence-electron chi connectivity index (χ4n) is 7.42. The number of likely N-dealkylation sites (tertiary alicyclic amines) is 1. The Morgan fingerprint density at radius 2 is 1.21 bits per heavy atom. The first-order valence-electron chi connectivity index (χ1n) is 23.8. The van der Waals surface area contributed by atoms with E-state index in [2.05, 4.69) is 36.9 Å². The number of nitrogens with zero attached hydrogens (tertiary/aromatic N) is 2. The lowest BCUT2D eigenvalue weighted by molar-refractivity contribution is -0.142. The summed E-state index contributed by atoms with van der Waals surface area (Å²) in [6.07, 6.45) is -1.32. The number of phenols is 1. The van der Waals surface area contributed by atoms with Crippen LogP contribution in [0.25, 0.3) is 0 Å². The minimum Gasteiger partial charge on any atom is -0.508 e. The monoisotopic (exact) mass is 1100 g/mol. The number of rotatable bonds is 33. The van der Waals surface area contributed by atoms with Crippen LogP contribution in [0.3, 0.4) is 0 Å². The van der Waals surface area contributed by atoms with Crippen molar-refractivity contribution in [3.8, 4) is 5.75 Å². The van der Waals surface area contributed by atoms with Gasteiger partial charge >= 0.3 is 5.97 Å². The average Bonchev–Trinajstić information content (AvgIpc) is 3.86. The summed E-state index contributed by atoms with van der Waals surface area (Å²) in [5.74, 6) is -11.2. The standard InChI is InChI=1S/C46H67N15O13S2/c47-27(18-25-10-12-26(62)13-11-25)38(66)58-31(19-24-6-2-1-3-7-24)41(69)56-30(14-15-35(49)63)40(68)59-32(20-36(50)64)42(70)60-33(23-76-75-22-28(48)45(73)74)44(72)61-17-5-9-34(61)43(71)57-29(8-4-16-54-46(52)53)39(67)55-21-37(51)65/h1-3,6-7,10-13,27-34,62H,4-5,8-9,14-23,47-48H2,(H2,49,63)(H2,50,64)(H2,51,65)(H,55,67)(H,56,69)(H,57,71)(H,58,66)(H,59,68)(H,60,70)(H,73,74)(H4,52,53,54)/t27-,28-,29-,30-,31-,32-,33-,34-/m0/s1. The van der Waals surface area contributed by atoms with E-state index in [1.54, 1.807) is 42.5 Å². The molecule has 22 N–H and O–H groups in total. The highest BCUT2D eigenvalue weighted by Crippen LogP contribution is 2.26. The minimum atomic E-state index is -1.85. The van der Waals surface area contributed by atoms with Crippen LogP contribution in [0, 0.1) is 0 Å². The molecule has 10 amide bonds. The molecule has 0 bridgehead atoms.